The molecule has 1 aliphatic rings. The Morgan fingerprint density at radius 3 is 3.11 bits per heavy atom. The first-order valence-electron chi connectivity index (χ1n) is 6.46. The fourth-order valence-electron chi connectivity index (χ4n) is 3.08. The summed E-state index contributed by atoms with van der Waals surface area (Å²) in [6, 6.07) is 6.33. The number of aliphatic carboxylic acids is 1. The van der Waals surface area contributed by atoms with Crippen molar-refractivity contribution >= 4 is 16.9 Å². The van der Waals surface area contributed by atoms with Crippen LogP contribution in [0.1, 0.15) is 29.7 Å². The summed E-state index contributed by atoms with van der Waals surface area (Å²) in [7, 11) is 0. The van der Waals surface area contributed by atoms with E-state index >= 15 is 0 Å². The third kappa shape index (κ3) is 1.80. The summed E-state index contributed by atoms with van der Waals surface area (Å²) >= 11 is 0. The van der Waals surface area contributed by atoms with Crippen molar-refractivity contribution in [3.63, 3.8) is 0 Å². The van der Waals surface area contributed by atoms with Gasteiger partial charge in [-0.2, -0.15) is 0 Å². The van der Waals surface area contributed by atoms with E-state index in [1.165, 1.54) is 27.7 Å². The molecule has 0 spiro atoms. The first-order valence-corrected chi connectivity index (χ1v) is 6.46. The van der Waals surface area contributed by atoms with Crippen LogP contribution in [0, 0.1) is 12.8 Å². The van der Waals surface area contributed by atoms with Gasteiger partial charge in [-0.25, -0.2) is 0 Å². The van der Waals surface area contributed by atoms with E-state index in [4.69, 9.17) is 5.11 Å². The standard InChI is InChI=1S/C15H17NO2/c1-9-3-2-4-11-12-7-10(8-14(17)18)5-6-13(12)16-15(9)11/h2-4,10,16H,5-8H2,1H3,(H,17,18). The van der Waals surface area contributed by atoms with Crippen LogP contribution >= 0.6 is 0 Å². The van der Waals surface area contributed by atoms with Gasteiger partial charge in [0.15, 0.2) is 0 Å². The molecule has 3 rings (SSSR count). The van der Waals surface area contributed by atoms with E-state index in [1.807, 2.05) is 0 Å². The molecule has 0 radical (unpaired) electrons. The van der Waals surface area contributed by atoms with E-state index < -0.39 is 5.97 Å². The minimum Gasteiger partial charge on any atom is -0.481 e. The molecule has 0 saturated heterocycles. The fourth-order valence-corrected chi connectivity index (χ4v) is 3.08. The van der Waals surface area contributed by atoms with Gasteiger partial charge in [0.2, 0.25) is 0 Å². The third-order valence-electron chi connectivity index (χ3n) is 4.00. The lowest BCUT2D eigenvalue weighted by atomic mass is 9.84. The van der Waals surface area contributed by atoms with Crippen LogP contribution in [0.3, 0.4) is 0 Å². The van der Waals surface area contributed by atoms with Gasteiger partial charge >= 0.3 is 5.97 Å². The number of benzene rings is 1. The van der Waals surface area contributed by atoms with Crippen molar-refractivity contribution in [2.75, 3.05) is 0 Å². The quantitative estimate of drug-likeness (QED) is 0.851. The van der Waals surface area contributed by atoms with Gasteiger partial charge < -0.3 is 10.1 Å². The van der Waals surface area contributed by atoms with Crippen LogP contribution in [0.15, 0.2) is 18.2 Å². The predicted octanol–water partition coefficient (Wildman–Crippen LogP) is 3.06. The number of aromatic nitrogens is 1. The molecule has 18 heavy (non-hydrogen) atoms. The number of nitrogens with one attached hydrogen (secondary N) is 1. The highest BCUT2D eigenvalue weighted by atomic mass is 16.4. The second kappa shape index (κ2) is 4.16. The zero-order valence-electron chi connectivity index (χ0n) is 10.5. The van der Waals surface area contributed by atoms with Crippen molar-refractivity contribution in [1.82, 2.24) is 4.98 Å². The molecule has 0 fully saturated rings. The van der Waals surface area contributed by atoms with Crippen molar-refractivity contribution in [1.29, 1.82) is 0 Å². The average Bonchev–Trinajstić information content (AvgIpc) is 2.68. The highest BCUT2D eigenvalue weighted by Gasteiger charge is 2.24. The maximum Gasteiger partial charge on any atom is 0.303 e. The van der Waals surface area contributed by atoms with Crippen LogP contribution in [0.25, 0.3) is 10.9 Å². The van der Waals surface area contributed by atoms with E-state index in [2.05, 4.69) is 30.1 Å². The monoisotopic (exact) mass is 243 g/mol. The summed E-state index contributed by atoms with van der Waals surface area (Å²) in [5, 5.41) is 10.2. The van der Waals surface area contributed by atoms with Gasteiger partial charge in [-0.05, 0) is 43.2 Å². The van der Waals surface area contributed by atoms with Crippen molar-refractivity contribution in [3.8, 4) is 0 Å². The van der Waals surface area contributed by atoms with Crippen LogP contribution in [-0.2, 0) is 17.6 Å². The molecule has 1 aliphatic carbocycles. The molecule has 1 atom stereocenters. The fraction of sp³-hybridized carbons (Fsp3) is 0.400. The number of carboxylic acids is 1. The van der Waals surface area contributed by atoms with Crippen LogP contribution in [0.4, 0.5) is 0 Å². The highest BCUT2D eigenvalue weighted by molar-refractivity contribution is 5.87. The number of para-hydroxylation sites is 1. The lowest BCUT2D eigenvalue weighted by molar-refractivity contribution is -0.138. The lowest BCUT2D eigenvalue weighted by Gasteiger charge is -2.20. The van der Waals surface area contributed by atoms with Gasteiger partial charge in [0.05, 0.1) is 0 Å². The second-order valence-corrected chi connectivity index (χ2v) is 5.29. The molecule has 0 amide bonds. The zero-order chi connectivity index (χ0) is 12.7. The molecule has 94 valence electrons. The van der Waals surface area contributed by atoms with E-state index in [0.29, 0.717) is 0 Å². The third-order valence-corrected chi connectivity index (χ3v) is 4.00. The van der Waals surface area contributed by atoms with Gasteiger partial charge in [0, 0.05) is 23.0 Å². The number of rotatable bonds is 2. The van der Waals surface area contributed by atoms with Crippen molar-refractivity contribution in [2.45, 2.75) is 32.6 Å². The number of H-pyrrole nitrogens is 1. The van der Waals surface area contributed by atoms with Gasteiger partial charge in [-0.3, -0.25) is 4.79 Å². The Hall–Kier alpha value is -1.77. The number of carbonyl (C=O) groups is 1. The van der Waals surface area contributed by atoms with Crippen molar-refractivity contribution in [3.05, 3.63) is 35.0 Å². The van der Waals surface area contributed by atoms with Crippen molar-refractivity contribution in [2.24, 2.45) is 5.92 Å². The topological polar surface area (TPSA) is 53.1 Å². The lowest BCUT2D eigenvalue weighted by Crippen LogP contribution is -2.16. The van der Waals surface area contributed by atoms with Crippen LogP contribution < -0.4 is 0 Å². The Labute approximate surface area is 106 Å². The van der Waals surface area contributed by atoms with Crippen molar-refractivity contribution < 1.29 is 9.90 Å². The van der Waals surface area contributed by atoms with Gasteiger partial charge in [-0.15, -0.1) is 0 Å². The van der Waals surface area contributed by atoms with E-state index in [0.717, 1.165) is 19.3 Å². The van der Waals surface area contributed by atoms with Crippen LogP contribution in [0.2, 0.25) is 0 Å². The van der Waals surface area contributed by atoms with E-state index in [9.17, 15) is 4.79 Å². The Bertz CT molecular complexity index is 612. The molecule has 0 saturated carbocycles. The van der Waals surface area contributed by atoms with Crippen LogP contribution in [-0.4, -0.2) is 16.1 Å². The Balaban J connectivity index is 2.02. The van der Waals surface area contributed by atoms with Gasteiger partial charge in [0.1, 0.15) is 0 Å². The molecule has 3 heteroatoms. The number of aromatic amines is 1. The number of fused-ring (bicyclic) bond motifs is 3. The van der Waals surface area contributed by atoms with E-state index in [1.54, 1.807) is 0 Å². The highest BCUT2D eigenvalue weighted by Crippen LogP contribution is 2.33. The molecule has 0 aliphatic heterocycles. The molecular formula is C15H17NO2. The molecule has 2 N–H and O–H groups in total. The largest absolute Gasteiger partial charge is 0.481 e. The Morgan fingerprint density at radius 1 is 1.50 bits per heavy atom. The maximum atomic E-state index is 10.8. The normalized spacial score (nSPS) is 18.8. The number of hydrogen-bond donors (Lipinski definition) is 2. The molecule has 3 nitrogen and oxygen atoms in total. The van der Waals surface area contributed by atoms with Crippen LogP contribution in [0.5, 0.6) is 0 Å². The summed E-state index contributed by atoms with van der Waals surface area (Å²) in [5.41, 5.74) is 5.13. The molecular weight excluding hydrogens is 226 g/mol. The Morgan fingerprint density at radius 2 is 2.33 bits per heavy atom. The predicted molar refractivity (Wildman–Crippen MR) is 70.8 cm³/mol. The smallest absolute Gasteiger partial charge is 0.303 e. The molecule has 2 aromatic rings. The summed E-state index contributed by atoms with van der Waals surface area (Å²) in [4.78, 5) is 14.3. The summed E-state index contributed by atoms with van der Waals surface area (Å²) in [6.07, 6.45) is 3.13. The first kappa shape index (κ1) is 11.3. The van der Waals surface area contributed by atoms with Gasteiger partial charge in [0.25, 0.3) is 0 Å². The molecule has 0 bridgehead atoms. The minimum atomic E-state index is -0.681. The number of carboxylic acid groups (broad SMARTS) is 1. The summed E-state index contributed by atoms with van der Waals surface area (Å²) < 4.78 is 0. The zero-order valence-corrected chi connectivity index (χ0v) is 10.5. The summed E-state index contributed by atoms with van der Waals surface area (Å²) in [6.45, 7) is 2.11. The molecule has 1 aromatic heterocycles. The average molecular weight is 243 g/mol. The Kier molecular flexibility index (Phi) is 2.62. The number of aryl methyl sites for hydroxylation is 2. The van der Waals surface area contributed by atoms with E-state index in [-0.39, 0.29) is 12.3 Å². The second-order valence-electron chi connectivity index (χ2n) is 5.29. The molecule has 1 aromatic carbocycles. The number of hydrogen-bond acceptors (Lipinski definition) is 1. The molecule has 1 heterocycles. The SMILES string of the molecule is Cc1cccc2c3c([nH]c12)CCC(CC(=O)O)C3. The maximum absolute atomic E-state index is 10.8. The molecule has 1 unspecified atom stereocenters. The minimum absolute atomic E-state index is 0.287. The van der Waals surface area contributed by atoms with Gasteiger partial charge in [-0.1, -0.05) is 18.2 Å². The summed E-state index contributed by atoms with van der Waals surface area (Å²) in [5.74, 6) is -0.394. The first-order chi connectivity index (χ1) is 8.65.